The molecule has 0 atom stereocenters. The molecule has 3 aromatic rings. The predicted molar refractivity (Wildman–Crippen MR) is 77.7 cm³/mol. The fourth-order valence-electron chi connectivity index (χ4n) is 2.33. The Labute approximate surface area is 121 Å². The maximum atomic E-state index is 11.5. The van der Waals surface area contributed by atoms with Crippen LogP contribution in [0.1, 0.15) is 22.0 Å². The van der Waals surface area contributed by atoms with Crippen molar-refractivity contribution in [3.8, 4) is 0 Å². The van der Waals surface area contributed by atoms with Gasteiger partial charge in [0.25, 0.3) is 0 Å². The number of furan rings is 1. The Hall–Kier alpha value is -2.76. The van der Waals surface area contributed by atoms with Crippen LogP contribution in [0.3, 0.4) is 0 Å². The first-order valence-corrected chi connectivity index (χ1v) is 6.53. The molecule has 0 aliphatic rings. The molecule has 0 amide bonds. The van der Waals surface area contributed by atoms with E-state index in [2.05, 4.69) is 4.98 Å². The van der Waals surface area contributed by atoms with Gasteiger partial charge in [0.2, 0.25) is 0 Å². The van der Waals surface area contributed by atoms with Crippen LogP contribution in [0.25, 0.3) is 5.65 Å². The van der Waals surface area contributed by atoms with E-state index in [0.29, 0.717) is 18.0 Å². The van der Waals surface area contributed by atoms with Crippen LogP contribution in [-0.2, 0) is 6.54 Å². The van der Waals surface area contributed by atoms with Crippen molar-refractivity contribution in [2.45, 2.75) is 13.5 Å². The molecule has 0 aliphatic heterocycles. The van der Waals surface area contributed by atoms with Crippen LogP contribution in [0.4, 0.5) is 5.82 Å². The number of nitrogens with zero attached hydrogens (tertiary/aromatic N) is 3. The van der Waals surface area contributed by atoms with Gasteiger partial charge >= 0.3 is 5.97 Å². The SMILES string of the molecule is Cc1ccc(CN(C)c2nc3ccccn3c2C(=O)O)o1. The lowest BCUT2D eigenvalue weighted by molar-refractivity contribution is 0.0690. The number of rotatable bonds is 4. The van der Waals surface area contributed by atoms with Crippen LogP contribution in [0, 0.1) is 6.92 Å². The second-order valence-corrected chi connectivity index (χ2v) is 4.89. The Morgan fingerprint density at radius 1 is 1.38 bits per heavy atom. The first-order chi connectivity index (χ1) is 10.1. The molecule has 3 heterocycles. The number of hydrogen-bond acceptors (Lipinski definition) is 4. The number of aryl methyl sites for hydroxylation is 1. The smallest absolute Gasteiger partial charge is 0.356 e. The molecule has 108 valence electrons. The Morgan fingerprint density at radius 3 is 2.86 bits per heavy atom. The second-order valence-electron chi connectivity index (χ2n) is 4.89. The van der Waals surface area contributed by atoms with Crippen LogP contribution in [0.5, 0.6) is 0 Å². The minimum absolute atomic E-state index is 0.149. The van der Waals surface area contributed by atoms with Gasteiger partial charge in [-0.15, -0.1) is 0 Å². The van der Waals surface area contributed by atoms with Gasteiger partial charge in [-0.1, -0.05) is 6.07 Å². The van der Waals surface area contributed by atoms with Crippen LogP contribution in [0.15, 0.2) is 40.9 Å². The third-order valence-electron chi connectivity index (χ3n) is 3.26. The highest BCUT2D eigenvalue weighted by Crippen LogP contribution is 2.22. The molecule has 21 heavy (non-hydrogen) atoms. The van der Waals surface area contributed by atoms with Gasteiger partial charge in [0.1, 0.15) is 17.2 Å². The number of fused-ring (bicyclic) bond motifs is 1. The summed E-state index contributed by atoms with van der Waals surface area (Å²) < 4.78 is 7.10. The number of anilines is 1. The second kappa shape index (κ2) is 4.97. The van der Waals surface area contributed by atoms with Gasteiger partial charge in [-0.2, -0.15) is 0 Å². The number of aromatic nitrogens is 2. The molecule has 0 aliphatic carbocycles. The van der Waals surface area contributed by atoms with E-state index in [4.69, 9.17) is 4.42 Å². The Morgan fingerprint density at radius 2 is 2.19 bits per heavy atom. The summed E-state index contributed by atoms with van der Waals surface area (Å²) in [4.78, 5) is 17.7. The van der Waals surface area contributed by atoms with Gasteiger partial charge in [0.15, 0.2) is 11.5 Å². The zero-order valence-electron chi connectivity index (χ0n) is 11.8. The molecule has 0 aromatic carbocycles. The molecule has 3 rings (SSSR count). The molecule has 0 radical (unpaired) electrons. The molecule has 0 unspecified atom stereocenters. The first kappa shape index (κ1) is 13.2. The van der Waals surface area contributed by atoms with Crippen LogP contribution >= 0.6 is 0 Å². The van der Waals surface area contributed by atoms with E-state index in [1.807, 2.05) is 25.1 Å². The lowest BCUT2D eigenvalue weighted by Crippen LogP contribution is -2.19. The molecule has 0 spiro atoms. The molecular weight excluding hydrogens is 270 g/mol. The van der Waals surface area contributed by atoms with Crippen molar-refractivity contribution in [2.24, 2.45) is 0 Å². The number of carboxylic acids is 1. The molecule has 0 fully saturated rings. The van der Waals surface area contributed by atoms with Crippen molar-refractivity contribution in [1.29, 1.82) is 0 Å². The van der Waals surface area contributed by atoms with E-state index in [9.17, 15) is 9.90 Å². The fraction of sp³-hybridized carbons (Fsp3) is 0.200. The molecule has 0 saturated heterocycles. The number of imidazole rings is 1. The topological polar surface area (TPSA) is 71.0 Å². The van der Waals surface area contributed by atoms with E-state index in [0.717, 1.165) is 11.5 Å². The van der Waals surface area contributed by atoms with Crippen molar-refractivity contribution < 1.29 is 14.3 Å². The van der Waals surface area contributed by atoms with E-state index >= 15 is 0 Å². The van der Waals surface area contributed by atoms with Crippen molar-refractivity contribution in [2.75, 3.05) is 11.9 Å². The molecule has 1 N–H and O–H groups in total. The Kier molecular flexibility index (Phi) is 3.13. The monoisotopic (exact) mass is 285 g/mol. The fourth-order valence-corrected chi connectivity index (χ4v) is 2.33. The molecule has 0 saturated carbocycles. The van der Waals surface area contributed by atoms with E-state index in [1.54, 1.807) is 34.7 Å². The molecule has 6 heteroatoms. The summed E-state index contributed by atoms with van der Waals surface area (Å²) in [7, 11) is 1.80. The van der Waals surface area contributed by atoms with E-state index in [-0.39, 0.29) is 5.69 Å². The molecule has 3 aromatic heterocycles. The maximum Gasteiger partial charge on any atom is 0.356 e. The van der Waals surface area contributed by atoms with Crippen LogP contribution < -0.4 is 4.90 Å². The van der Waals surface area contributed by atoms with Crippen molar-refractivity contribution in [1.82, 2.24) is 9.38 Å². The van der Waals surface area contributed by atoms with Crippen molar-refractivity contribution >= 4 is 17.4 Å². The maximum absolute atomic E-state index is 11.5. The zero-order chi connectivity index (χ0) is 15.0. The summed E-state index contributed by atoms with van der Waals surface area (Å²) >= 11 is 0. The summed E-state index contributed by atoms with van der Waals surface area (Å²) in [6.07, 6.45) is 1.69. The van der Waals surface area contributed by atoms with Gasteiger partial charge in [0, 0.05) is 13.2 Å². The van der Waals surface area contributed by atoms with Gasteiger partial charge in [-0.3, -0.25) is 4.40 Å². The lowest BCUT2D eigenvalue weighted by Gasteiger charge is -2.15. The van der Waals surface area contributed by atoms with E-state index in [1.165, 1.54) is 0 Å². The lowest BCUT2D eigenvalue weighted by atomic mass is 10.3. The van der Waals surface area contributed by atoms with Gasteiger partial charge in [0.05, 0.1) is 6.54 Å². The third kappa shape index (κ3) is 2.35. The van der Waals surface area contributed by atoms with Gasteiger partial charge in [-0.05, 0) is 31.2 Å². The highest BCUT2D eigenvalue weighted by Gasteiger charge is 2.21. The molecule has 0 bridgehead atoms. The third-order valence-corrected chi connectivity index (χ3v) is 3.26. The Balaban J connectivity index is 2.02. The highest BCUT2D eigenvalue weighted by atomic mass is 16.4. The quantitative estimate of drug-likeness (QED) is 0.797. The summed E-state index contributed by atoms with van der Waals surface area (Å²) in [5, 5.41) is 9.46. The minimum atomic E-state index is -1.01. The largest absolute Gasteiger partial charge is 0.476 e. The van der Waals surface area contributed by atoms with Crippen LogP contribution in [-0.4, -0.2) is 27.5 Å². The predicted octanol–water partition coefficient (Wildman–Crippen LogP) is 2.57. The number of carbonyl (C=O) groups is 1. The Bertz CT molecular complexity index is 803. The standard InChI is InChI=1S/C15H15N3O3/c1-10-6-7-11(21-10)9-17(2)14-13(15(19)20)18-8-4-3-5-12(18)16-14/h3-8H,9H2,1-2H3,(H,19,20). The average Bonchev–Trinajstić information content (AvgIpc) is 3.02. The number of aromatic carboxylic acids is 1. The normalized spacial score (nSPS) is 11.0. The number of hydrogen-bond donors (Lipinski definition) is 1. The van der Waals surface area contributed by atoms with Crippen molar-refractivity contribution in [3.05, 3.63) is 53.7 Å². The zero-order valence-corrected chi connectivity index (χ0v) is 11.8. The van der Waals surface area contributed by atoms with Gasteiger partial charge in [-0.25, -0.2) is 9.78 Å². The number of carboxylic acid groups (broad SMARTS) is 1. The summed E-state index contributed by atoms with van der Waals surface area (Å²) in [5.41, 5.74) is 0.753. The van der Waals surface area contributed by atoms with Gasteiger partial charge < -0.3 is 14.4 Å². The molecule has 6 nitrogen and oxygen atoms in total. The molecular formula is C15H15N3O3. The summed E-state index contributed by atoms with van der Waals surface area (Å²) in [5.74, 6) is 1.00. The van der Waals surface area contributed by atoms with Crippen molar-refractivity contribution in [3.63, 3.8) is 0 Å². The number of pyridine rings is 1. The van der Waals surface area contributed by atoms with Crippen LogP contribution in [0.2, 0.25) is 0 Å². The van der Waals surface area contributed by atoms with E-state index < -0.39 is 5.97 Å². The highest BCUT2D eigenvalue weighted by molar-refractivity contribution is 5.93. The first-order valence-electron chi connectivity index (χ1n) is 6.53. The minimum Gasteiger partial charge on any atom is -0.476 e. The summed E-state index contributed by atoms with van der Waals surface area (Å²) in [6, 6.07) is 9.14. The summed E-state index contributed by atoms with van der Waals surface area (Å²) in [6.45, 7) is 2.33. The average molecular weight is 285 g/mol.